The summed E-state index contributed by atoms with van der Waals surface area (Å²) in [6, 6.07) is 5.82. The van der Waals surface area contributed by atoms with Crippen LogP contribution >= 0.6 is 11.3 Å². The van der Waals surface area contributed by atoms with Crippen molar-refractivity contribution in [2.24, 2.45) is 0 Å². The van der Waals surface area contributed by atoms with Gasteiger partial charge in [0.05, 0.1) is 14.2 Å². The highest BCUT2D eigenvalue weighted by atomic mass is 32.1. The van der Waals surface area contributed by atoms with Gasteiger partial charge < -0.3 is 14.8 Å². The number of benzene rings is 1. The number of hydrogen-bond acceptors (Lipinski definition) is 6. The first kappa shape index (κ1) is 12.6. The Morgan fingerprint density at radius 3 is 2.56 bits per heavy atom. The zero-order chi connectivity index (χ0) is 13.0. The van der Waals surface area contributed by atoms with Crippen LogP contribution in [0.1, 0.15) is 10.6 Å². The lowest BCUT2D eigenvalue weighted by Gasteiger charge is -2.09. The van der Waals surface area contributed by atoms with Crippen molar-refractivity contribution in [2.75, 3.05) is 19.5 Å². The minimum absolute atomic E-state index is 0.676. The number of anilines is 1. The minimum Gasteiger partial charge on any atom is -0.493 e. The molecule has 6 heteroatoms. The lowest BCUT2D eigenvalue weighted by Crippen LogP contribution is -2.00. The molecule has 0 saturated heterocycles. The Labute approximate surface area is 110 Å². The molecule has 2 rings (SSSR count). The Bertz CT molecular complexity index is 528. The van der Waals surface area contributed by atoms with Crippen LogP contribution in [0.4, 0.5) is 5.13 Å². The van der Waals surface area contributed by atoms with Crippen molar-refractivity contribution < 1.29 is 9.47 Å². The summed E-state index contributed by atoms with van der Waals surface area (Å²) in [6.07, 6.45) is 0. The molecule has 1 aromatic carbocycles. The van der Waals surface area contributed by atoms with Gasteiger partial charge in [-0.3, -0.25) is 0 Å². The van der Waals surface area contributed by atoms with Crippen molar-refractivity contribution in [1.29, 1.82) is 0 Å². The molecule has 0 aliphatic heterocycles. The largest absolute Gasteiger partial charge is 0.493 e. The molecule has 0 unspecified atom stereocenters. The molecule has 5 nitrogen and oxygen atoms in total. The molecule has 1 N–H and O–H groups in total. The fourth-order valence-corrected chi connectivity index (χ4v) is 2.12. The molecule has 0 fully saturated rings. The average molecular weight is 265 g/mol. The Morgan fingerprint density at radius 1 is 1.17 bits per heavy atom. The van der Waals surface area contributed by atoms with E-state index in [-0.39, 0.29) is 0 Å². The third-order valence-corrected chi connectivity index (χ3v) is 3.21. The molecule has 0 atom stereocenters. The Hall–Kier alpha value is -1.82. The van der Waals surface area contributed by atoms with Crippen molar-refractivity contribution in [3.05, 3.63) is 28.8 Å². The second kappa shape index (κ2) is 5.68. The van der Waals surface area contributed by atoms with Gasteiger partial charge in [0.2, 0.25) is 5.13 Å². The number of aromatic nitrogens is 2. The maximum absolute atomic E-state index is 5.25. The Balaban J connectivity index is 2.05. The van der Waals surface area contributed by atoms with E-state index in [1.807, 2.05) is 25.1 Å². The number of nitrogens with zero attached hydrogens (tertiary/aromatic N) is 2. The summed E-state index contributed by atoms with van der Waals surface area (Å²) in [5, 5.41) is 12.9. The highest BCUT2D eigenvalue weighted by Gasteiger charge is 2.05. The molecule has 0 saturated carbocycles. The first-order valence-electron chi connectivity index (χ1n) is 5.48. The summed E-state index contributed by atoms with van der Waals surface area (Å²) in [7, 11) is 3.25. The van der Waals surface area contributed by atoms with Crippen LogP contribution in [0.5, 0.6) is 11.5 Å². The number of aryl methyl sites for hydroxylation is 1. The van der Waals surface area contributed by atoms with E-state index in [1.165, 1.54) is 11.3 Å². The van der Waals surface area contributed by atoms with Crippen LogP contribution in [0.25, 0.3) is 0 Å². The molecule has 0 spiro atoms. The topological polar surface area (TPSA) is 56.3 Å². The van der Waals surface area contributed by atoms with Crippen molar-refractivity contribution in [3.63, 3.8) is 0 Å². The zero-order valence-electron chi connectivity index (χ0n) is 10.6. The Kier molecular flexibility index (Phi) is 3.99. The predicted octanol–water partition coefficient (Wildman–Crippen LogP) is 2.48. The van der Waals surface area contributed by atoms with E-state index in [0.717, 1.165) is 27.2 Å². The van der Waals surface area contributed by atoms with Gasteiger partial charge >= 0.3 is 0 Å². The summed E-state index contributed by atoms with van der Waals surface area (Å²) < 4.78 is 10.4. The van der Waals surface area contributed by atoms with E-state index in [1.54, 1.807) is 14.2 Å². The number of hydrogen-bond donors (Lipinski definition) is 1. The number of ether oxygens (including phenoxy) is 2. The lowest BCUT2D eigenvalue weighted by atomic mass is 10.2. The van der Waals surface area contributed by atoms with Crippen LogP contribution in [0.2, 0.25) is 0 Å². The highest BCUT2D eigenvalue weighted by Crippen LogP contribution is 2.27. The normalized spacial score (nSPS) is 10.2. The summed E-state index contributed by atoms with van der Waals surface area (Å²) in [5.41, 5.74) is 1.10. The summed E-state index contributed by atoms with van der Waals surface area (Å²) in [4.78, 5) is 0. The molecular formula is C12H15N3O2S. The molecule has 1 heterocycles. The maximum Gasteiger partial charge on any atom is 0.205 e. The second-order valence-electron chi connectivity index (χ2n) is 3.67. The fourth-order valence-electron chi connectivity index (χ4n) is 1.54. The maximum atomic E-state index is 5.25. The highest BCUT2D eigenvalue weighted by molar-refractivity contribution is 7.15. The van der Waals surface area contributed by atoms with Crippen molar-refractivity contribution in [3.8, 4) is 11.5 Å². The van der Waals surface area contributed by atoms with Crippen molar-refractivity contribution in [2.45, 2.75) is 13.5 Å². The van der Waals surface area contributed by atoms with Crippen LogP contribution in [0.3, 0.4) is 0 Å². The lowest BCUT2D eigenvalue weighted by molar-refractivity contribution is 0.354. The van der Waals surface area contributed by atoms with Gasteiger partial charge in [0.1, 0.15) is 5.01 Å². The van der Waals surface area contributed by atoms with Gasteiger partial charge in [-0.25, -0.2) is 0 Å². The van der Waals surface area contributed by atoms with Crippen molar-refractivity contribution >= 4 is 16.5 Å². The van der Waals surface area contributed by atoms with Gasteiger partial charge in [0.25, 0.3) is 0 Å². The first-order chi connectivity index (χ1) is 8.72. The number of rotatable bonds is 5. The van der Waals surface area contributed by atoms with E-state index >= 15 is 0 Å². The molecule has 0 amide bonds. The van der Waals surface area contributed by atoms with E-state index in [0.29, 0.717) is 6.54 Å². The SMILES string of the molecule is COc1ccc(CNc2nnc(C)s2)cc1OC. The molecule has 96 valence electrons. The number of nitrogens with one attached hydrogen (secondary N) is 1. The second-order valence-corrected chi connectivity index (χ2v) is 4.85. The fraction of sp³-hybridized carbons (Fsp3) is 0.333. The summed E-state index contributed by atoms with van der Waals surface area (Å²) in [6.45, 7) is 2.61. The molecule has 0 radical (unpaired) electrons. The van der Waals surface area contributed by atoms with Gasteiger partial charge in [-0.05, 0) is 24.6 Å². The van der Waals surface area contributed by atoms with E-state index in [4.69, 9.17) is 9.47 Å². The van der Waals surface area contributed by atoms with E-state index in [2.05, 4.69) is 15.5 Å². The average Bonchev–Trinajstić information content (AvgIpc) is 2.81. The van der Waals surface area contributed by atoms with Crippen LogP contribution in [0, 0.1) is 6.92 Å². The molecular weight excluding hydrogens is 250 g/mol. The van der Waals surface area contributed by atoms with Gasteiger partial charge in [0.15, 0.2) is 11.5 Å². The first-order valence-corrected chi connectivity index (χ1v) is 6.29. The van der Waals surface area contributed by atoms with Gasteiger partial charge in [-0.15, -0.1) is 10.2 Å². The van der Waals surface area contributed by atoms with Crippen LogP contribution < -0.4 is 14.8 Å². The molecule has 0 aliphatic rings. The van der Waals surface area contributed by atoms with E-state index in [9.17, 15) is 0 Å². The molecule has 2 aromatic rings. The van der Waals surface area contributed by atoms with Crippen LogP contribution in [0.15, 0.2) is 18.2 Å². The van der Waals surface area contributed by atoms with Gasteiger partial charge in [-0.2, -0.15) is 0 Å². The van der Waals surface area contributed by atoms with Crippen LogP contribution in [-0.2, 0) is 6.54 Å². The third-order valence-electron chi connectivity index (χ3n) is 2.42. The monoisotopic (exact) mass is 265 g/mol. The molecule has 0 bridgehead atoms. The predicted molar refractivity (Wildman–Crippen MR) is 71.5 cm³/mol. The third kappa shape index (κ3) is 2.89. The van der Waals surface area contributed by atoms with Crippen LogP contribution in [-0.4, -0.2) is 24.4 Å². The molecule has 18 heavy (non-hydrogen) atoms. The summed E-state index contributed by atoms with van der Waals surface area (Å²) in [5.74, 6) is 1.46. The van der Waals surface area contributed by atoms with Gasteiger partial charge in [0, 0.05) is 6.54 Å². The zero-order valence-corrected chi connectivity index (χ0v) is 11.4. The smallest absolute Gasteiger partial charge is 0.205 e. The standard InChI is InChI=1S/C12H15N3O2S/c1-8-14-15-12(18-8)13-7-9-4-5-10(16-2)11(6-9)17-3/h4-6H,7H2,1-3H3,(H,13,15). The van der Waals surface area contributed by atoms with Gasteiger partial charge in [-0.1, -0.05) is 17.4 Å². The molecule has 1 aromatic heterocycles. The number of methoxy groups -OCH3 is 2. The molecule has 0 aliphatic carbocycles. The quantitative estimate of drug-likeness (QED) is 0.900. The minimum atomic E-state index is 0.676. The van der Waals surface area contributed by atoms with E-state index < -0.39 is 0 Å². The Morgan fingerprint density at radius 2 is 1.94 bits per heavy atom. The van der Waals surface area contributed by atoms with Crippen molar-refractivity contribution in [1.82, 2.24) is 10.2 Å². The summed E-state index contributed by atoms with van der Waals surface area (Å²) >= 11 is 1.54.